The molecule has 5 heteroatoms. The fourth-order valence-corrected chi connectivity index (χ4v) is 2.17. The molecule has 2 atom stereocenters. The first-order chi connectivity index (χ1) is 6.20. The molecule has 1 aliphatic heterocycles. The zero-order valence-corrected chi connectivity index (χ0v) is 7.38. The van der Waals surface area contributed by atoms with E-state index in [0.717, 1.165) is 4.88 Å². The van der Waals surface area contributed by atoms with Crippen LogP contribution in [0.4, 0.5) is 0 Å². The number of aliphatic hydroxyl groups is 1. The lowest BCUT2D eigenvalue weighted by molar-refractivity contribution is -0.127. The first kappa shape index (κ1) is 8.40. The molecule has 2 heterocycles. The Bertz CT molecular complexity index is 346. The Labute approximate surface area is 78.2 Å². The molecule has 2 unspecified atom stereocenters. The van der Waals surface area contributed by atoms with Crippen molar-refractivity contribution in [2.75, 3.05) is 0 Å². The number of imide groups is 1. The standard InChI is InChI=1S/C8H7NO3S/c10-6-5(4-2-1-3-13-4)7(11)9-8(6)12/h1-3,5-6,10H,(H,9,11,12). The van der Waals surface area contributed by atoms with Gasteiger partial charge in [0.05, 0.1) is 0 Å². The summed E-state index contributed by atoms with van der Waals surface area (Å²) in [6, 6.07) is 3.51. The van der Waals surface area contributed by atoms with Gasteiger partial charge in [-0.05, 0) is 11.4 Å². The van der Waals surface area contributed by atoms with Gasteiger partial charge in [-0.3, -0.25) is 14.9 Å². The van der Waals surface area contributed by atoms with Crippen LogP contribution in [0.5, 0.6) is 0 Å². The van der Waals surface area contributed by atoms with Crippen molar-refractivity contribution in [2.24, 2.45) is 0 Å². The third kappa shape index (κ3) is 1.26. The largest absolute Gasteiger partial charge is 0.382 e. The Balaban J connectivity index is 2.34. The average Bonchev–Trinajstić information content (AvgIpc) is 2.63. The van der Waals surface area contributed by atoms with E-state index in [1.54, 1.807) is 17.5 Å². The molecule has 0 radical (unpaired) electrons. The van der Waals surface area contributed by atoms with Gasteiger partial charge in [0.2, 0.25) is 5.91 Å². The summed E-state index contributed by atoms with van der Waals surface area (Å²) >= 11 is 1.36. The molecule has 1 fully saturated rings. The highest BCUT2D eigenvalue weighted by Crippen LogP contribution is 2.28. The van der Waals surface area contributed by atoms with Crippen molar-refractivity contribution < 1.29 is 14.7 Å². The molecule has 0 aromatic carbocycles. The van der Waals surface area contributed by atoms with Crippen molar-refractivity contribution in [1.82, 2.24) is 5.32 Å². The molecule has 1 aromatic rings. The van der Waals surface area contributed by atoms with Crippen LogP contribution in [-0.2, 0) is 9.59 Å². The number of aliphatic hydroxyl groups excluding tert-OH is 1. The Hall–Kier alpha value is -1.20. The molecular formula is C8H7NO3S. The SMILES string of the molecule is O=C1NC(=O)C(c2cccs2)C1O. The summed E-state index contributed by atoms with van der Waals surface area (Å²) in [5.74, 6) is -1.74. The topological polar surface area (TPSA) is 66.4 Å². The van der Waals surface area contributed by atoms with E-state index in [4.69, 9.17) is 0 Å². The van der Waals surface area contributed by atoms with Crippen molar-refractivity contribution in [3.05, 3.63) is 22.4 Å². The first-order valence-electron chi connectivity index (χ1n) is 3.76. The number of nitrogens with one attached hydrogen (secondary N) is 1. The molecule has 2 N–H and O–H groups in total. The van der Waals surface area contributed by atoms with Gasteiger partial charge in [0, 0.05) is 4.88 Å². The summed E-state index contributed by atoms with van der Waals surface area (Å²) in [4.78, 5) is 22.8. The minimum atomic E-state index is -1.23. The Kier molecular flexibility index (Phi) is 1.90. The van der Waals surface area contributed by atoms with Crippen molar-refractivity contribution in [3.8, 4) is 0 Å². The van der Waals surface area contributed by atoms with Crippen LogP contribution >= 0.6 is 11.3 Å². The second kappa shape index (κ2) is 2.93. The van der Waals surface area contributed by atoms with Gasteiger partial charge in [-0.15, -0.1) is 11.3 Å². The van der Waals surface area contributed by atoms with Crippen LogP contribution in [0.25, 0.3) is 0 Å². The highest BCUT2D eigenvalue weighted by molar-refractivity contribution is 7.10. The summed E-state index contributed by atoms with van der Waals surface area (Å²) < 4.78 is 0. The number of amides is 2. The third-order valence-corrected chi connectivity index (χ3v) is 2.92. The molecule has 1 aromatic heterocycles. The number of carbonyl (C=O) groups is 2. The number of carbonyl (C=O) groups excluding carboxylic acids is 2. The Morgan fingerprint density at radius 1 is 1.38 bits per heavy atom. The van der Waals surface area contributed by atoms with E-state index in [0.29, 0.717) is 0 Å². The molecular weight excluding hydrogens is 190 g/mol. The van der Waals surface area contributed by atoms with Crippen LogP contribution in [0.1, 0.15) is 10.8 Å². The maximum atomic E-state index is 11.2. The summed E-state index contributed by atoms with van der Waals surface area (Å²) in [5, 5.41) is 13.3. The van der Waals surface area contributed by atoms with Gasteiger partial charge in [-0.25, -0.2) is 0 Å². The van der Waals surface area contributed by atoms with Gasteiger partial charge < -0.3 is 5.11 Å². The molecule has 4 nitrogen and oxygen atoms in total. The van der Waals surface area contributed by atoms with E-state index in [1.165, 1.54) is 11.3 Å². The van der Waals surface area contributed by atoms with Crippen LogP contribution in [0, 0.1) is 0 Å². The molecule has 1 saturated heterocycles. The molecule has 2 rings (SSSR count). The molecule has 2 amide bonds. The zero-order chi connectivity index (χ0) is 9.42. The third-order valence-electron chi connectivity index (χ3n) is 1.96. The fraction of sp³-hybridized carbons (Fsp3) is 0.250. The van der Waals surface area contributed by atoms with Gasteiger partial charge in [0.15, 0.2) is 0 Å². The van der Waals surface area contributed by atoms with Crippen LogP contribution < -0.4 is 5.32 Å². The molecule has 68 valence electrons. The van der Waals surface area contributed by atoms with E-state index >= 15 is 0 Å². The van der Waals surface area contributed by atoms with Gasteiger partial charge in [0.1, 0.15) is 12.0 Å². The van der Waals surface area contributed by atoms with Crippen LogP contribution in [0.2, 0.25) is 0 Å². The maximum Gasteiger partial charge on any atom is 0.256 e. The maximum absolute atomic E-state index is 11.2. The zero-order valence-electron chi connectivity index (χ0n) is 6.56. The first-order valence-corrected chi connectivity index (χ1v) is 4.64. The summed E-state index contributed by atoms with van der Waals surface area (Å²) in [5.41, 5.74) is 0. The molecule has 0 spiro atoms. The van der Waals surface area contributed by atoms with Gasteiger partial charge in [-0.2, -0.15) is 0 Å². The highest BCUT2D eigenvalue weighted by Gasteiger charge is 2.41. The Morgan fingerprint density at radius 3 is 2.62 bits per heavy atom. The summed E-state index contributed by atoms with van der Waals surface area (Å²) in [6.07, 6.45) is -1.23. The van der Waals surface area contributed by atoms with E-state index in [1.807, 2.05) is 0 Å². The van der Waals surface area contributed by atoms with Crippen molar-refractivity contribution in [1.29, 1.82) is 0 Å². The molecule has 0 saturated carbocycles. The van der Waals surface area contributed by atoms with Crippen LogP contribution in [-0.4, -0.2) is 23.0 Å². The highest BCUT2D eigenvalue weighted by atomic mass is 32.1. The van der Waals surface area contributed by atoms with E-state index in [2.05, 4.69) is 5.32 Å². The summed E-state index contributed by atoms with van der Waals surface area (Å²) in [6.45, 7) is 0. The predicted octanol–water partition coefficient (Wildman–Crippen LogP) is -0.151. The number of hydrogen-bond acceptors (Lipinski definition) is 4. The molecule has 0 aliphatic carbocycles. The Morgan fingerprint density at radius 2 is 2.15 bits per heavy atom. The average molecular weight is 197 g/mol. The predicted molar refractivity (Wildman–Crippen MR) is 46.2 cm³/mol. The lowest BCUT2D eigenvalue weighted by Gasteiger charge is -2.06. The normalized spacial score (nSPS) is 27.8. The van der Waals surface area contributed by atoms with Crippen LogP contribution in [0.15, 0.2) is 17.5 Å². The molecule has 0 bridgehead atoms. The van der Waals surface area contributed by atoms with Crippen molar-refractivity contribution in [3.63, 3.8) is 0 Å². The number of thiophene rings is 1. The van der Waals surface area contributed by atoms with Gasteiger partial charge in [0.25, 0.3) is 5.91 Å². The minimum Gasteiger partial charge on any atom is -0.382 e. The number of hydrogen-bond donors (Lipinski definition) is 2. The second-order valence-corrected chi connectivity index (χ2v) is 3.77. The van der Waals surface area contributed by atoms with E-state index in [-0.39, 0.29) is 0 Å². The van der Waals surface area contributed by atoms with E-state index < -0.39 is 23.8 Å². The van der Waals surface area contributed by atoms with Crippen molar-refractivity contribution in [2.45, 2.75) is 12.0 Å². The van der Waals surface area contributed by atoms with Gasteiger partial charge in [-0.1, -0.05) is 6.07 Å². The van der Waals surface area contributed by atoms with Crippen LogP contribution in [0.3, 0.4) is 0 Å². The van der Waals surface area contributed by atoms with Crippen molar-refractivity contribution >= 4 is 23.2 Å². The molecule has 13 heavy (non-hydrogen) atoms. The second-order valence-electron chi connectivity index (χ2n) is 2.79. The summed E-state index contributed by atoms with van der Waals surface area (Å²) in [7, 11) is 0. The van der Waals surface area contributed by atoms with E-state index in [9.17, 15) is 14.7 Å². The quantitative estimate of drug-likeness (QED) is 0.615. The number of rotatable bonds is 1. The monoisotopic (exact) mass is 197 g/mol. The lowest BCUT2D eigenvalue weighted by atomic mass is 10.0. The van der Waals surface area contributed by atoms with Gasteiger partial charge >= 0.3 is 0 Å². The molecule has 1 aliphatic rings. The lowest BCUT2D eigenvalue weighted by Crippen LogP contribution is -2.24. The fourth-order valence-electron chi connectivity index (χ4n) is 1.32. The minimum absolute atomic E-state index is 0.417. The smallest absolute Gasteiger partial charge is 0.256 e.